The molecule has 0 fully saturated rings. The van der Waals surface area contributed by atoms with Gasteiger partial charge in [0.05, 0.1) is 18.7 Å². The number of methoxy groups -OCH3 is 1. The van der Waals surface area contributed by atoms with Crippen molar-refractivity contribution in [3.05, 3.63) is 35.9 Å². The summed E-state index contributed by atoms with van der Waals surface area (Å²) >= 11 is 0. The third-order valence-electron chi connectivity index (χ3n) is 3.66. The molecule has 0 radical (unpaired) electrons. The normalized spacial score (nSPS) is 12.8. The van der Waals surface area contributed by atoms with E-state index in [1.54, 1.807) is 7.11 Å². The molecule has 21 heavy (non-hydrogen) atoms. The van der Waals surface area contributed by atoms with Crippen LogP contribution in [0.4, 0.5) is 0 Å². The van der Waals surface area contributed by atoms with Gasteiger partial charge in [-0.2, -0.15) is 0 Å². The smallest absolute Gasteiger partial charge is 0.218 e. The number of aromatic nitrogens is 1. The summed E-state index contributed by atoms with van der Waals surface area (Å²) < 4.78 is 5.37. The summed E-state index contributed by atoms with van der Waals surface area (Å²) in [6.07, 6.45) is 0.496. The van der Waals surface area contributed by atoms with E-state index < -0.39 is 0 Å². The number of nitrogens with one attached hydrogen (secondary N) is 1. The van der Waals surface area contributed by atoms with Crippen molar-refractivity contribution >= 4 is 10.9 Å². The van der Waals surface area contributed by atoms with E-state index in [1.165, 1.54) is 0 Å². The van der Waals surface area contributed by atoms with Crippen LogP contribution in [-0.4, -0.2) is 29.8 Å². The second-order valence-corrected chi connectivity index (χ2v) is 5.63. The van der Waals surface area contributed by atoms with Crippen molar-refractivity contribution in [2.45, 2.75) is 32.9 Å². The van der Waals surface area contributed by atoms with E-state index in [1.807, 2.05) is 38.1 Å². The number of pyridine rings is 1. The SMILES string of the molecule is COc1nc2ccccc2cc1CNCCC(O)C(C)C. The van der Waals surface area contributed by atoms with Gasteiger partial charge in [-0.15, -0.1) is 0 Å². The maximum atomic E-state index is 9.79. The highest BCUT2D eigenvalue weighted by Gasteiger charge is 2.10. The molecule has 114 valence electrons. The van der Waals surface area contributed by atoms with Gasteiger partial charge >= 0.3 is 0 Å². The maximum absolute atomic E-state index is 9.79. The van der Waals surface area contributed by atoms with Gasteiger partial charge in [-0.1, -0.05) is 32.0 Å². The van der Waals surface area contributed by atoms with Gasteiger partial charge in [0.25, 0.3) is 0 Å². The summed E-state index contributed by atoms with van der Waals surface area (Å²) in [5.74, 6) is 0.953. The lowest BCUT2D eigenvalue weighted by atomic mass is 10.0. The van der Waals surface area contributed by atoms with Crippen molar-refractivity contribution < 1.29 is 9.84 Å². The highest BCUT2D eigenvalue weighted by molar-refractivity contribution is 5.80. The Labute approximate surface area is 126 Å². The van der Waals surface area contributed by atoms with Crippen LogP contribution in [-0.2, 0) is 6.54 Å². The third-order valence-corrected chi connectivity index (χ3v) is 3.66. The molecule has 1 aromatic heterocycles. The van der Waals surface area contributed by atoms with E-state index >= 15 is 0 Å². The van der Waals surface area contributed by atoms with Crippen LogP contribution in [0, 0.1) is 5.92 Å². The minimum absolute atomic E-state index is 0.255. The largest absolute Gasteiger partial charge is 0.481 e. The maximum Gasteiger partial charge on any atom is 0.218 e. The Bertz CT molecular complexity index is 584. The first-order valence-corrected chi connectivity index (χ1v) is 7.43. The van der Waals surface area contributed by atoms with E-state index in [9.17, 15) is 5.11 Å². The van der Waals surface area contributed by atoms with Gasteiger partial charge in [0.15, 0.2) is 0 Å². The molecule has 0 bridgehead atoms. The fourth-order valence-corrected chi connectivity index (χ4v) is 2.25. The van der Waals surface area contributed by atoms with Gasteiger partial charge in [0.2, 0.25) is 5.88 Å². The van der Waals surface area contributed by atoms with E-state index in [2.05, 4.69) is 16.4 Å². The first-order valence-electron chi connectivity index (χ1n) is 7.43. The topological polar surface area (TPSA) is 54.4 Å². The Hall–Kier alpha value is -1.65. The lowest BCUT2D eigenvalue weighted by Crippen LogP contribution is -2.23. The fourth-order valence-electron chi connectivity index (χ4n) is 2.25. The van der Waals surface area contributed by atoms with Gasteiger partial charge in [0.1, 0.15) is 0 Å². The molecule has 0 amide bonds. The van der Waals surface area contributed by atoms with Crippen LogP contribution in [0.2, 0.25) is 0 Å². The van der Waals surface area contributed by atoms with Crippen molar-refractivity contribution in [3.63, 3.8) is 0 Å². The number of ether oxygens (including phenoxy) is 1. The predicted molar refractivity (Wildman–Crippen MR) is 85.5 cm³/mol. The molecule has 4 heteroatoms. The van der Waals surface area contributed by atoms with Crippen LogP contribution < -0.4 is 10.1 Å². The molecule has 0 spiro atoms. The number of hydrogen-bond acceptors (Lipinski definition) is 4. The number of aliphatic hydroxyl groups excluding tert-OH is 1. The van der Waals surface area contributed by atoms with Crippen LogP contribution in [0.3, 0.4) is 0 Å². The zero-order valence-corrected chi connectivity index (χ0v) is 13.0. The highest BCUT2D eigenvalue weighted by Crippen LogP contribution is 2.21. The van der Waals surface area contributed by atoms with Crippen molar-refractivity contribution in [3.8, 4) is 5.88 Å². The zero-order chi connectivity index (χ0) is 15.2. The molecular weight excluding hydrogens is 264 g/mol. The molecule has 1 unspecified atom stereocenters. The van der Waals surface area contributed by atoms with Crippen LogP contribution >= 0.6 is 0 Å². The second kappa shape index (κ2) is 7.38. The molecule has 2 rings (SSSR count). The van der Waals surface area contributed by atoms with Crippen LogP contribution in [0.25, 0.3) is 10.9 Å². The molecule has 1 heterocycles. The Kier molecular flexibility index (Phi) is 5.53. The average Bonchev–Trinajstić information content (AvgIpc) is 2.50. The lowest BCUT2D eigenvalue weighted by molar-refractivity contribution is 0.116. The number of para-hydroxylation sites is 1. The van der Waals surface area contributed by atoms with Gasteiger partial charge < -0.3 is 15.2 Å². The highest BCUT2D eigenvalue weighted by atomic mass is 16.5. The number of fused-ring (bicyclic) bond motifs is 1. The van der Waals surface area contributed by atoms with E-state index in [4.69, 9.17) is 4.74 Å². The van der Waals surface area contributed by atoms with Crippen molar-refractivity contribution in [2.24, 2.45) is 5.92 Å². The molecular formula is C17H24N2O2. The molecule has 2 N–H and O–H groups in total. The quantitative estimate of drug-likeness (QED) is 0.769. The Morgan fingerprint density at radius 3 is 2.76 bits per heavy atom. The summed E-state index contributed by atoms with van der Waals surface area (Å²) in [5, 5.41) is 14.2. The van der Waals surface area contributed by atoms with E-state index in [0.717, 1.165) is 29.4 Å². The predicted octanol–water partition coefficient (Wildman–Crippen LogP) is 2.74. The Morgan fingerprint density at radius 1 is 1.29 bits per heavy atom. The van der Waals surface area contributed by atoms with Crippen molar-refractivity contribution in [1.29, 1.82) is 0 Å². The molecule has 0 saturated carbocycles. The van der Waals surface area contributed by atoms with Crippen LogP contribution in [0.15, 0.2) is 30.3 Å². The first kappa shape index (κ1) is 15.7. The molecule has 2 aromatic rings. The molecule has 1 aromatic carbocycles. The van der Waals surface area contributed by atoms with Gasteiger partial charge in [-0.3, -0.25) is 0 Å². The zero-order valence-electron chi connectivity index (χ0n) is 13.0. The molecule has 4 nitrogen and oxygen atoms in total. The van der Waals surface area contributed by atoms with Crippen LogP contribution in [0.1, 0.15) is 25.8 Å². The number of aliphatic hydroxyl groups is 1. The Balaban J connectivity index is 2.00. The molecule has 0 aliphatic heterocycles. The minimum Gasteiger partial charge on any atom is -0.481 e. The molecule has 0 saturated heterocycles. The number of hydrogen-bond donors (Lipinski definition) is 2. The van der Waals surface area contributed by atoms with E-state index in [0.29, 0.717) is 18.3 Å². The molecule has 0 aliphatic carbocycles. The molecule has 0 aliphatic rings. The first-order chi connectivity index (χ1) is 10.1. The monoisotopic (exact) mass is 288 g/mol. The Morgan fingerprint density at radius 2 is 2.05 bits per heavy atom. The minimum atomic E-state index is -0.255. The van der Waals surface area contributed by atoms with Crippen LogP contribution in [0.5, 0.6) is 5.88 Å². The lowest BCUT2D eigenvalue weighted by Gasteiger charge is -2.15. The van der Waals surface area contributed by atoms with Gasteiger partial charge in [-0.05, 0) is 31.0 Å². The summed E-state index contributed by atoms with van der Waals surface area (Å²) in [6, 6.07) is 10.1. The third kappa shape index (κ3) is 4.16. The van der Waals surface area contributed by atoms with Gasteiger partial charge in [-0.25, -0.2) is 4.98 Å². The molecule has 1 atom stereocenters. The van der Waals surface area contributed by atoms with Crippen molar-refractivity contribution in [1.82, 2.24) is 10.3 Å². The number of nitrogens with zero attached hydrogens (tertiary/aromatic N) is 1. The standard InChI is InChI=1S/C17H24N2O2/c1-12(2)16(20)8-9-18-11-14-10-13-6-4-5-7-15(13)19-17(14)21-3/h4-7,10,12,16,18,20H,8-9,11H2,1-3H3. The van der Waals surface area contributed by atoms with E-state index in [-0.39, 0.29) is 6.10 Å². The summed E-state index contributed by atoms with van der Waals surface area (Å²) in [6.45, 7) is 5.52. The van der Waals surface area contributed by atoms with Gasteiger partial charge in [0, 0.05) is 17.5 Å². The summed E-state index contributed by atoms with van der Waals surface area (Å²) in [5.41, 5.74) is 1.98. The number of rotatable bonds is 7. The summed E-state index contributed by atoms with van der Waals surface area (Å²) in [4.78, 5) is 4.52. The number of benzene rings is 1. The van der Waals surface area contributed by atoms with Crippen molar-refractivity contribution in [2.75, 3.05) is 13.7 Å². The fraction of sp³-hybridized carbons (Fsp3) is 0.471. The second-order valence-electron chi connectivity index (χ2n) is 5.63. The summed E-state index contributed by atoms with van der Waals surface area (Å²) in [7, 11) is 1.64. The average molecular weight is 288 g/mol.